The first-order valence-electron chi connectivity index (χ1n) is 31.0. The fourth-order valence-electron chi connectivity index (χ4n) is 12.7. The number of amides is 8. The molecule has 0 unspecified atom stereocenters. The highest BCUT2D eigenvalue weighted by molar-refractivity contribution is 6.04. The van der Waals surface area contributed by atoms with Crippen LogP contribution >= 0.6 is 0 Å². The summed E-state index contributed by atoms with van der Waals surface area (Å²) in [5, 5.41) is 21.2. The third-order valence-electron chi connectivity index (χ3n) is 18.0. The van der Waals surface area contributed by atoms with Crippen LogP contribution in [0.4, 0.5) is 39.8 Å². The van der Waals surface area contributed by atoms with E-state index in [9.17, 15) is 43.1 Å². The van der Waals surface area contributed by atoms with Gasteiger partial charge in [0.25, 0.3) is 5.91 Å². The first-order chi connectivity index (χ1) is 43.2. The highest BCUT2D eigenvalue weighted by atomic mass is 19.1. The van der Waals surface area contributed by atoms with Crippen molar-refractivity contribution in [1.29, 1.82) is 0 Å². The summed E-state index contributed by atoms with van der Waals surface area (Å²) in [5.74, 6) is -6.46. The van der Waals surface area contributed by atoms with Gasteiger partial charge in [0.2, 0.25) is 29.5 Å². The number of nitrogens with zero attached hydrogens (tertiary/aromatic N) is 6. The first kappa shape index (κ1) is 67.3. The van der Waals surface area contributed by atoms with E-state index >= 15 is 13.6 Å². The highest BCUT2D eigenvalue weighted by Crippen LogP contribution is 2.43. The molecular weight excluding hydrogens is 1180 g/mol. The minimum atomic E-state index is -1.52. The number of ether oxygens (including phenoxy) is 3. The van der Waals surface area contributed by atoms with Gasteiger partial charge in [-0.25, -0.2) is 22.8 Å². The van der Waals surface area contributed by atoms with Gasteiger partial charge in [0.05, 0.1) is 25.2 Å². The van der Waals surface area contributed by atoms with Crippen molar-refractivity contribution in [2.75, 3.05) is 94.8 Å². The third-order valence-corrected chi connectivity index (χ3v) is 18.0. The van der Waals surface area contributed by atoms with E-state index in [0.717, 1.165) is 34.2 Å². The summed E-state index contributed by atoms with van der Waals surface area (Å²) >= 11 is 0. The van der Waals surface area contributed by atoms with E-state index in [1.807, 2.05) is 30.0 Å². The number of benzene rings is 4. The van der Waals surface area contributed by atoms with Crippen molar-refractivity contribution in [3.05, 3.63) is 124 Å². The van der Waals surface area contributed by atoms with E-state index in [0.29, 0.717) is 68.9 Å². The van der Waals surface area contributed by atoms with E-state index in [4.69, 9.17) is 14.2 Å². The zero-order valence-electron chi connectivity index (χ0n) is 52.8. The standard InChI is InChI=1S/C66H83F3N10O12/c1-39-32-76(48(35-77(39)63(86)87)34-75-25-28-90-37-40(75)2)36-55(81)79-38-66(7,50-21-16-43(30-53(50)79)29-42-14-18-46(67)19-15-42)62(85)70-24-10-13-54(80)71-47-20-17-45-33-78(58(49(45)31-47)60(83)73-57-51(68)11-9-12-52(57)69)61(84)56(44-22-26-89-27-23-44)72-59(82)41(3)74(8)64(88)91-65(4,5)6/h9,11-12,14-21,30-31,39-41,44,48,56,58H,10,13,22-29,32-38H2,1-8H3,(H,70,85)(H,71,80)(H,72,82)(H,73,83)(H,86,87)/t39-,40-,41+,48+,56+,58+,66-/m1/s1. The molecule has 3 saturated heterocycles. The number of carbonyl (C=O) groups is 8. The molecule has 0 saturated carbocycles. The molecule has 5 aliphatic heterocycles. The predicted octanol–water partition coefficient (Wildman–Crippen LogP) is 6.80. The maximum absolute atomic E-state index is 15.2. The number of rotatable bonds is 19. The number of hydrogen-bond acceptors (Lipinski definition) is 13. The number of fused-ring (bicyclic) bond motifs is 2. The third kappa shape index (κ3) is 15.8. The summed E-state index contributed by atoms with van der Waals surface area (Å²) in [4.78, 5) is 122. The highest BCUT2D eigenvalue weighted by Gasteiger charge is 2.49. The largest absolute Gasteiger partial charge is 0.465 e. The molecule has 91 heavy (non-hydrogen) atoms. The number of piperazine rings is 1. The van der Waals surface area contributed by atoms with E-state index in [2.05, 4.69) is 33.1 Å². The molecule has 0 radical (unpaired) electrons. The molecule has 22 nitrogen and oxygen atoms in total. The molecule has 3 fully saturated rings. The van der Waals surface area contributed by atoms with Gasteiger partial charge in [0, 0.05) is 102 Å². The van der Waals surface area contributed by atoms with Crippen molar-refractivity contribution in [1.82, 2.24) is 35.1 Å². The summed E-state index contributed by atoms with van der Waals surface area (Å²) in [6.07, 6.45) is -0.596. The van der Waals surface area contributed by atoms with Crippen LogP contribution in [-0.4, -0.2) is 192 Å². The second-order valence-electron chi connectivity index (χ2n) is 25.7. The number of carboxylic acid groups (broad SMARTS) is 1. The molecule has 7 atom stereocenters. The molecule has 5 heterocycles. The molecular formula is C66H83F3N10O12. The van der Waals surface area contributed by atoms with Crippen molar-refractivity contribution in [2.24, 2.45) is 5.92 Å². The molecule has 0 bridgehead atoms. The second kappa shape index (κ2) is 28.6. The molecule has 5 N–H and O–H groups in total. The zero-order chi connectivity index (χ0) is 65.6. The Hall–Kier alpha value is -8.13. The Morgan fingerprint density at radius 2 is 1.54 bits per heavy atom. The SMILES string of the molecule is C[C@@H]1COCCN1C[C@H]1CN(C(=O)O)[C@H](C)CN1CC(=O)N1C[C@@](C)(C(=O)NCCCC(=O)Nc2ccc3c(c2)[C@@H](C(=O)Nc2c(F)cccc2F)N(C(=O)[C@@H](NC(=O)[C@H](C)N(C)C(=O)OC(C)(C)C)C2CCOCC2)C3)c2ccc(Cc3ccc(F)cc3)cc21. The number of anilines is 3. The fourth-order valence-corrected chi connectivity index (χ4v) is 12.7. The lowest BCUT2D eigenvalue weighted by molar-refractivity contribution is -0.144. The van der Waals surface area contributed by atoms with Crippen LogP contribution < -0.4 is 26.2 Å². The minimum absolute atomic E-state index is 0.0175. The summed E-state index contributed by atoms with van der Waals surface area (Å²) in [7, 11) is 1.39. The Balaban J connectivity index is 0.892. The summed E-state index contributed by atoms with van der Waals surface area (Å²) < 4.78 is 61.0. The smallest absolute Gasteiger partial charge is 0.410 e. The molecule has 9 rings (SSSR count). The van der Waals surface area contributed by atoms with Gasteiger partial charge in [-0.1, -0.05) is 36.4 Å². The first-order valence-corrected chi connectivity index (χ1v) is 31.0. The fraction of sp³-hybridized carbons (Fsp3) is 0.515. The molecule has 0 spiro atoms. The number of para-hydroxylation sites is 1. The maximum atomic E-state index is 15.2. The molecule has 5 aliphatic rings. The molecule has 490 valence electrons. The molecule has 4 aromatic rings. The van der Waals surface area contributed by atoms with E-state index in [1.54, 1.807) is 56.9 Å². The Labute approximate surface area is 528 Å². The van der Waals surface area contributed by atoms with Crippen LogP contribution in [0.5, 0.6) is 0 Å². The minimum Gasteiger partial charge on any atom is -0.465 e. The number of halogens is 3. The van der Waals surface area contributed by atoms with Gasteiger partial charge >= 0.3 is 12.2 Å². The maximum Gasteiger partial charge on any atom is 0.410 e. The van der Waals surface area contributed by atoms with Crippen LogP contribution in [0.15, 0.2) is 78.9 Å². The van der Waals surface area contributed by atoms with E-state index < -0.39 is 100 Å². The Kier molecular flexibility index (Phi) is 21.1. The number of morpholine rings is 1. The lowest BCUT2D eigenvalue weighted by atomic mass is 9.83. The summed E-state index contributed by atoms with van der Waals surface area (Å²) in [6, 6.07) is 15.0. The number of likely N-dealkylation sites (N-methyl/N-ethyl adjacent to an activating group) is 1. The van der Waals surface area contributed by atoms with Crippen molar-refractivity contribution in [3.8, 4) is 0 Å². The van der Waals surface area contributed by atoms with Gasteiger partial charge < -0.3 is 55.3 Å². The number of nitrogens with one attached hydrogen (secondary N) is 4. The Morgan fingerprint density at radius 3 is 2.22 bits per heavy atom. The quantitative estimate of drug-likeness (QED) is 0.0606. The summed E-state index contributed by atoms with van der Waals surface area (Å²) in [6.45, 7) is 15.3. The van der Waals surface area contributed by atoms with E-state index in [-0.39, 0.29) is 93.8 Å². The molecule has 8 amide bonds. The van der Waals surface area contributed by atoms with Crippen LogP contribution in [0.2, 0.25) is 0 Å². The van der Waals surface area contributed by atoms with Gasteiger partial charge in [0.1, 0.15) is 46.9 Å². The lowest BCUT2D eigenvalue weighted by Gasteiger charge is -2.47. The van der Waals surface area contributed by atoms with Crippen molar-refractivity contribution < 1.29 is 70.8 Å². The molecule has 25 heteroatoms. The van der Waals surface area contributed by atoms with Gasteiger partial charge in [-0.3, -0.25) is 43.5 Å². The van der Waals surface area contributed by atoms with Gasteiger partial charge in [-0.15, -0.1) is 0 Å². The van der Waals surface area contributed by atoms with Gasteiger partial charge in [0.15, 0.2) is 0 Å². The van der Waals surface area contributed by atoms with Crippen LogP contribution in [-0.2, 0) is 61.4 Å². The zero-order valence-corrected chi connectivity index (χ0v) is 52.8. The monoisotopic (exact) mass is 1260 g/mol. The summed E-state index contributed by atoms with van der Waals surface area (Å²) in [5.41, 5.74) is 0.878. The topological polar surface area (TPSA) is 252 Å². The molecule has 0 aliphatic carbocycles. The molecule has 4 aromatic carbocycles. The van der Waals surface area contributed by atoms with Crippen LogP contribution in [0.3, 0.4) is 0 Å². The molecule has 0 aromatic heterocycles. The van der Waals surface area contributed by atoms with Gasteiger partial charge in [-0.05, 0) is 150 Å². The van der Waals surface area contributed by atoms with Crippen molar-refractivity contribution in [2.45, 2.75) is 134 Å². The van der Waals surface area contributed by atoms with Crippen molar-refractivity contribution >= 4 is 64.7 Å². The number of hydrogen-bond donors (Lipinski definition) is 5. The van der Waals surface area contributed by atoms with Crippen molar-refractivity contribution in [3.63, 3.8) is 0 Å². The average molecular weight is 1270 g/mol. The van der Waals surface area contributed by atoms with Gasteiger partial charge in [-0.2, -0.15) is 0 Å². The van der Waals surface area contributed by atoms with Crippen LogP contribution in [0.1, 0.15) is 108 Å². The number of carbonyl (C=O) groups excluding carboxylic acids is 7. The average Bonchev–Trinajstić information content (AvgIpc) is 1.61. The Bertz CT molecular complexity index is 3360. The van der Waals surface area contributed by atoms with E-state index in [1.165, 1.54) is 42.0 Å². The van der Waals surface area contributed by atoms with Crippen LogP contribution in [0.25, 0.3) is 0 Å². The second-order valence-corrected chi connectivity index (χ2v) is 25.7. The Morgan fingerprint density at radius 1 is 0.835 bits per heavy atom. The normalized spacial score (nSPS) is 21.9. The lowest BCUT2D eigenvalue weighted by Crippen LogP contribution is -2.64. The predicted molar refractivity (Wildman–Crippen MR) is 331 cm³/mol. The van der Waals surface area contributed by atoms with Crippen LogP contribution in [0, 0.1) is 23.4 Å².